The molecule has 0 saturated carbocycles. The van der Waals surface area contributed by atoms with Crippen LogP contribution in [0.2, 0.25) is 0 Å². The molecule has 7 aromatic rings. The summed E-state index contributed by atoms with van der Waals surface area (Å²) < 4.78 is 44.1. The van der Waals surface area contributed by atoms with Gasteiger partial charge in [0.25, 0.3) is 11.1 Å². The van der Waals surface area contributed by atoms with E-state index in [1.807, 2.05) is 0 Å². The van der Waals surface area contributed by atoms with Crippen LogP contribution in [0, 0.1) is 11.8 Å². The van der Waals surface area contributed by atoms with Crippen molar-refractivity contribution in [2.24, 2.45) is 45.0 Å². The average Bonchev–Trinajstić information content (AvgIpc) is 4.01. The number of rotatable bonds is 9. The Morgan fingerprint density at radius 3 is 1.74 bits per heavy atom. The molecule has 25 nitrogen and oxygen atoms in total. The highest BCUT2D eigenvalue weighted by Gasteiger charge is 2.48. The summed E-state index contributed by atoms with van der Waals surface area (Å²) in [5.74, 6) is 0.943. The number of aryl methyl sites for hydroxylation is 1. The molecule has 2 N–H and O–H groups in total. The minimum absolute atomic E-state index is 0.101. The topological polar surface area (TPSA) is 286 Å². The number of hydrogen-bond donors (Lipinski definition) is 2. The van der Waals surface area contributed by atoms with Gasteiger partial charge in [0.15, 0.2) is 22.8 Å². The third-order valence-electron chi connectivity index (χ3n) is 11.5. The third-order valence-corrected chi connectivity index (χ3v) is 11.7. The summed E-state index contributed by atoms with van der Waals surface area (Å²) in [5.41, 5.74) is 0.265. The molecule has 3 aliphatic heterocycles. The lowest BCUT2D eigenvalue weighted by Crippen LogP contribution is -2.54. The van der Waals surface area contributed by atoms with Gasteiger partial charge >= 0.3 is 17.6 Å². The van der Waals surface area contributed by atoms with E-state index in [1.165, 1.54) is 70.7 Å². The number of anilines is 4. The molecular weight excluding hydrogens is 971 g/mol. The number of alkyl halides is 4. The number of nitrogens with zero attached hydrogens (tertiary/aromatic N) is 17. The van der Waals surface area contributed by atoms with Crippen molar-refractivity contribution in [1.29, 1.82) is 0 Å². The van der Waals surface area contributed by atoms with Crippen molar-refractivity contribution in [3.63, 3.8) is 0 Å². The zero-order chi connectivity index (χ0) is 51.6. The maximum Gasteiger partial charge on any atom is 0.395 e. The van der Waals surface area contributed by atoms with Crippen LogP contribution in [0.5, 0.6) is 0 Å². The first-order valence-corrected chi connectivity index (χ1v) is 22.3. The molecular formula is C43H43ClF3N19O6. The summed E-state index contributed by atoms with van der Waals surface area (Å²) >= 11 is 5.46. The van der Waals surface area contributed by atoms with Crippen molar-refractivity contribution >= 4 is 70.1 Å². The number of carbonyl (C=O) groups is 2. The van der Waals surface area contributed by atoms with E-state index >= 15 is 0 Å². The van der Waals surface area contributed by atoms with Gasteiger partial charge in [-0.05, 0) is 18.1 Å². The van der Waals surface area contributed by atoms with Crippen LogP contribution in [0.15, 0.2) is 79.8 Å². The Labute approximate surface area is 408 Å². The van der Waals surface area contributed by atoms with E-state index in [0.717, 1.165) is 22.2 Å². The number of fused-ring (bicyclic) bond motifs is 2. The zero-order valence-electron chi connectivity index (χ0n) is 38.9. The first-order chi connectivity index (χ1) is 34.3. The highest BCUT2D eigenvalue weighted by molar-refractivity contribution is 6.29. The van der Waals surface area contributed by atoms with Crippen LogP contribution in [0.4, 0.5) is 42.5 Å². The van der Waals surface area contributed by atoms with E-state index in [9.17, 15) is 41.9 Å². The summed E-state index contributed by atoms with van der Waals surface area (Å²) in [7, 11) is 5.90. The van der Waals surface area contributed by atoms with Gasteiger partial charge in [-0.3, -0.25) is 37.4 Å². The van der Waals surface area contributed by atoms with Gasteiger partial charge in [0, 0.05) is 104 Å². The lowest BCUT2D eigenvalue weighted by Gasteiger charge is -2.39. The molecule has 0 atom stereocenters. The van der Waals surface area contributed by atoms with Crippen LogP contribution >= 0.6 is 11.6 Å². The number of halogens is 4. The van der Waals surface area contributed by atoms with Crippen molar-refractivity contribution < 1.29 is 22.8 Å². The molecule has 2 saturated heterocycles. The molecule has 0 radical (unpaired) electrons. The quantitative estimate of drug-likeness (QED) is 0.192. The molecule has 0 aromatic carbocycles. The van der Waals surface area contributed by atoms with Gasteiger partial charge in [0.2, 0.25) is 23.7 Å². The van der Waals surface area contributed by atoms with Crippen molar-refractivity contribution in [2.75, 3.05) is 52.5 Å². The summed E-state index contributed by atoms with van der Waals surface area (Å²) in [6, 6.07) is 3.06. The highest BCUT2D eigenvalue weighted by atomic mass is 35.5. The van der Waals surface area contributed by atoms with E-state index in [0.29, 0.717) is 52.4 Å². The van der Waals surface area contributed by atoms with Crippen molar-refractivity contribution in [2.45, 2.75) is 26.1 Å². The van der Waals surface area contributed by atoms with E-state index < -0.39 is 29.3 Å². The molecule has 7 aromatic heterocycles. The minimum Gasteiger partial charge on any atom is -0.340 e. The monoisotopic (exact) mass is 1010 g/mol. The fraction of sp³-hybridized carbons (Fsp3) is 0.349. The number of aromatic nitrogens is 14. The second-order valence-electron chi connectivity index (χ2n) is 16.7. The Hall–Kier alpha value is -8.56. The lowest BCUT2D eigenvalue weighted by atomic mass is 10.0. The molecule has 374 valence electrons. The molecule has 0 unspecified atom stereocenters. The van der Waals surface area contributed by atoms with Gasteiger partial charge in [-0.2, -0.15) is 13.2 Å². The van der Waals surface area contributed by atoms with Gasteiger partial charge in [-0.25, -0.2) is 59.4 Å². The van der Waals surface area contributed by atoms with Gasteiger partial charge in [0.1, 0.15) is 29.9 Å². The third kappa shape index (κ3) is 10.5. The van der Waals surface area contributed by atoms with E-state index in [2.05, 4.69) is 72.3 Å². The zero-order valence-corrected chi connectivity index (χ0v) is 39.7. The SMILES string of the molecule is CC1CN(c2ncc(-c3nccc(NC(=O)CCl)n3)cn2)C1.Cn1c(=O)c2c(ncn2CC(=O)Nc2ccnc(-c3cnc(N4CC(C(F)(F)F)C4)nc3)n2)n(C)c1=O.Cn1c2c(c(=O)n(C)c1=O)CC=N2. The first kappa shape index (κ1) is 49.8. The largest absolute Gasteiger partial charge is 0.395 e. The number of carbonyl (C=O) groups excluding carboxylic acids is 2. The predicted octanol–water partition coefficient (Wildman–Crippen LogP) is 1.23. The molecule has 10 heterocycles. The molecule has 0 bridgehead atoms. The first-order valence-electron chi connectivity index (χ1n) is 21.8. The smallest absolute Gasteiger partial charge is 0.340 e. The van der Waals surface area contributed by atoms with Crippen molar-refractivity contribution in [3.05, 3.63) is 103 Å². The maximum atomic E-state index is 12.7. The van der Waals surface area contributed by atoms with Crippen LogP contribution in [0.1, 0.15) is 12.5 Å². The van der Waals surface area contributed by atoms with Crippen LogP contribution in [-0.4, -0.2) is 124 Å². The average molecular weight is 1010 g/mol. The van der Waals surface area contributed by atoms with Crippen LogP contribution in [0.3, 0.4) is 0 Å². The van der Waals surface area contributed by atoms with Crippen LogP contribution in [0.25, 0.3) is 33.9 Å². The molecule has 3 aliphatic rings. The van der Waals surface area contributed by atoms with E-state index in [4.69, 9.17) is 11.6 Å². The summed E-state index contributed by atoms with van der Waals surface area (Å²) in [6.45, 7) is 3.49. The molecule has 10 rings (SSSR count). The Kier molecular flexibility index (Phi) is 14.1. The Morgan fingerprint density at radius 2 is 1.21 bits per heavy atom. The van der Waals surface area contributed by atoms with E-state index in [1.54, 1.807) is 37.9 Å². The van der Waals surface area contributed by atoms with Crippen molar-refractivity contribution in [3.8, 4) is 22.8 Å². The summed E-state index contributed by atoms with van der Waals surface area (Å²) in [4.78, 5) is 117. The van der Waals surface area contributed by atoms with Gasteiger partial charge in [0.05, 0.1) is 28.9 Å². The minimum atomic E-state index is -4.24. The number of nitrogens with one attached hydrogen (secondary N) is 2. The summed E-state index contributed by atoms with van der Waals surface area (Å²) in [6.07, 6.45) is 8.36. The second-order valence-corrected chi connectivity index (χ2v) is 17.0. The van der Waals surface area contributed by atoms with Crippen LogP contribution < -0.4 is 42.9 Å². The molecule has 0 aliphatic carbocycles. The number of amides is 2. The molecule has 0 spiro atoms. The fourth-order valence-electron chi connectivity index (χ4n) is 7.55. The standard InChI is InChI=1S/C21H19F3N10O3.C14H15ClN6O.C8H9N3O2/c1-31-17-15(18(36)32(2)20(31)37)34(10-28-17)9-14(35)29-13-3-4-25-16(30-13)11-5-26-19(27-6-11)33-7-12(8-33)21(22,23)24;1-9-7-21(8-9)14-17-5-10(6-18-14)13-16-3-2-11(20-13)19-12(22)4-15;1-10-6-5(3-4-9-6)7(12)11(2)8(10)13/h3-6,10,12H,7-9H2,1-2H3,(H,25,29,30,35);2-3,5-6,9H,4,7-8H2,1H3,(H,16,19,20,22);4H,3H2,1-2H3. The maximum absolute atomic E-state index is 12.7. The van der Waals surface area contributed by atoms with Gasteiger partial charge in [-0.1, -0.05) is 6.92 Å². The second kappa shape index (κ2) is 20.4. The number of aliphatic imine (C=N–C) groups is 1. The normalized spacial score (nSPS) is 14.1. The predicted molar refractivity (Wildman–Crippen MR) is 256 cm³/mol. The molecule has 29 heteroatoms. The Morgan fingerprint density at radius 1 is 0.694 bits per heavy atom. The van der Waals surface area contributed by atoms with E-state index in [-0.39, 0.29) is 71.4 Å². The fourth-order valence-corrected chi connectivity index (χ4v) is 7.61. The lowest BCUT2D eigenvalue weighted by molar-refractivity contribution is -0.180. The molecule has 2 amide bonds. The highest BCUT2D eigenvalue weighted by Crippen LogP contribution is 2.35. The molecule has 72 heavy (non-hydrogen) atoms. The number of imidazole rings is 1. The van der Waals surface area contributed by atoms with Gasteiger partial charge < -0.3 is 25.0 Å². The molecule has 2 fully saturated rings. The van der Waals surface area contributed by atoms with Gasteiger partial charge in [-0.15, -0.1) is 11.6 Å². The number of hydrogen-bond acceptors (Lipinski definition) is 18. The Bertz CT molecular complexity index is 3470. The van der Waals surface area contributed by atoms with Crippen molar-refractivity contribution in [1.82, 2.24) is 67.7 Å². The summed E-state index contributed by atoms with van der Waals surface area (Å²) in [5, 5.41) is 5.19. The van der Waals surface area contributed by atoms with Crippen LogP contribution in [-0.2, 0) is 50.7 Å². The Balaban J connectivity index is 0.000000166.